The summed E-state index contributed by atoms with van der Waals surface area (Å²) in [5.41, 5.74) is 0. The fourth-order valence-electron chi connectivity index (χ4n) is 0.695. The summed E-state index contributed by atoms with van der Waals surface area (Å²) >= 11 is 0. The van der Waals surface area contributed by atoms with Crippen molar-refractivity contribution < 1.29 is 9.59 Å². The summed E-state index contributed by atoms with van der Waals surface area (Å²) in [7, 11) is 3.15. The molecule has 0 atom stereocenters. The second-order valence-corrected chi connectivity index (χ2v) is 2.58. The minimum atomic E-state index is -0.0600. The largest absolute Gasteiger partial charge is 0.359 e. The number of amides is 2. The molecule has 2 amide bonds. The highest BCUT2D eigenvalue weighted by Gasteiger charge is 1.96. The van der Waals surface area contributed by atoms with Crippen LogP contribution in [-0.2, 0) is 9.59 Å². The van der Waals surface area contributed by atoms with E-state index in [-0.39, 0.29) is 11.8 Å². The summed E-state index contributed by atoms with van der Waals surface area (Å²) in [6.45, 7) is 0.737. The summed E-state index contributed by atoms with van der Waals surface area (Å²) < 4.78 is 0. The molecule has 0 unspecified atom stereocenters. The first kappa shape index (κ1) is 12.5. The van der Waals surface area contributed by atoms with Crippen molar-refractivity contribution in [1.82, 2.24) is 10.6 Å². The fraction of sp³-hybridized carbons (Fsp3) is 0.750. The van der Waals surface area contributed by atoms with Crippen LogP contribution in [0.5, 0.6) is 0 Å². The Bertz CT molecular complexity index is 193. The molecule has 14 heavy (non-hydrogen) atoms. The van der Waals surface area contributed by atoms with Crippen LogP contribution in [0.4, 0.5) is 0 Å². The molecule has 6 nitrogen and oxygen atoms in total. The monoisotopic (exact) mass is 200 g/mol. The van der Waals surface area contributed by atoms with Gasteiger partial charge in [0.25, 0.3) is 0 Å². The Balaban J connectivity index is 3.36. The fourth-order valence-corrected chi connectivity index (χ4v) is 0.695. The van der Waals surface area contributed by atoms with Crippen LogP contribution in [-0.4, -0.2) is 39.0 Å². The molecule has 0 saturated carbocycles. The van der Waals surface area contributed by atoms with Crippen LogP contribution in [0.3, 0.4) is 0 Å². The van der Waals surface area contributed by atoms with E-state index in [4.69, 9.17) is 0 Å². The van der Waals surface area contributed by atoms with Crippen LogP contribution >= 0.6 is 0 Å². The molecule has 0 rings (SSSR count). The first-order valence-electron chi connectivity index (χ1n) is 4.45. The molecule has 0 aromatic heterocycles. The van der Waals surface area contributed by atoms with E-state index in [1.54, 1.807) is 14.1 Å². The highest BCUT2D eigenvalue weighted by Crippen LogP contribution is 1.86. The third-order valence-electron chi connectivity index (χ3n) is 1.54. The predicted molar refractivity (Wildman–Crippen MR) is 52.0 cm³/mol. The van der Waals surface area contributed by atoms with E-state index in [1.807, 2.05) is 0 Å². The number of nitrogens with one attached hydrogen (secondary N) is 2. The maximum atomic E-state index is 10.7. The molecule has 2 N–H and O–H groups in total. The van der Waals surface area contributed by atoms with E-state index in [0.29, 0.717) is 25.9 Å². The molecule has 0 spiro atoms. The lowest BCUT2D eigenvalue weighted by molar-refractivity contribution is -0.121. The van der Waals surface area contributed by atoms with Gasteiger partial charge in [-0.1, -0.05) is 0 Å². The Kier molecular flexibility index (Phi) is 7.30. The van der Waals surface area contributed by atoms with Gasteiger partial charge >= 0.3 is 0 Å². The van der Waals surface area contributed by atoms with Gasteiger partial charge in [-0.05, 0) is 0 Å². The van der Waals surface area contributed by atoms with Gasteiger partial charge in [0, 0.05) is 26.9 Å². The number of hydrogen-bond donors (Lipinski definition) is 2. The standard InChI is InChI=1S/C8H16N4O2/c1-9-7(13)3-5-11-12-6-4-8(14)10-2/h3-6H2,1-2H3,(H,9,13)(H,10,14). The smallest absolute Gasteiger partial charge is 0.221 e. The van der Waals surface area contributed by atoms with Crippen LogP contribution < -0.4 is 10.6 Å². The number of azo groups is 1. The van der Waals surface area contributed by atoms with Crippen molar-refractivity contribution in [2.24, 2.45) is 10.2 Å². The van der Waals surface area contributed by atoms with Crippen molar-refractivity contribution in [1.29, 1.82) is 0 Å². The minimum absolute atomic E-state index is 0.0600. The van der Waals surface area contributed by atoms with Gasteiger partial charge in [0.05, 0.1) is 13.1 Å². The molecule has 0 fully saturated rings. The highest BCUT2D eigenvalue weighted by molar-refractivity contribution is 5.76. The molecule has 0 bridgehead atoms. The maximum Gasteiger partial charge on any atom is 0.221 e. The van der Waals surface area contributed by atoms with Crippen LogP contribution in [0.25, 0.3) is 0 Å². The summed E-state index contributed by atoms with van der Waals surface area (Å²) in [6, 6.07) is 0. The number of nitrogens with zero attached hydrogens (tertiary/aromatic N) is 2. The SMILES string of the molecule is CNC(=O)CCN=NCCC(=O)NC. The molecule has 80 valence electrons. The normalized spacial score (nSPS) is 10.1. The predicted octanol–water partition coefficient (Wildman–Crippen LogP) is -0.289. The Hall–Kier alpha value is -1.46. The van der Waals surface area contributed by atoms with E-state index >= 15 is 0 Å². The van der Waals surface area contributed by atoms with Gasteiger partial charge in [0.15, 0.2) is 0 Å². The van der Waals surface area contributed by atoms with Gasteiger partial charge in [-0.15, -0.1) is 0 Å². The molecule has 0 aromatic rings. The third kappa shape index (κ3) is 7.20. The Labute approximate surface area is 83.2 Å². The van der Waals surface area contributed by atoms with E-state index in [9.17, 15) is 9.59 Å². The second kappa shape index (κ2) is 8.15. The molecule has 6 heteroatoms. The molecule has 0 saturated heterocycles. The molecular formula is C8H16N4O2. The molecule has 0 aromatic carbocycles. The molecule has 0 aliphatic carbocycles. The van der Waals surface area contributed by atoms with Crippen molar-refractivity contribution in [2.45, 2.75) is 12.8 Å². The van der Waals surface area contributed by atoms with Crippen LogP contribution in [0.1, 0.15) is 12.8 Å². The molecular weight excluding hydrogens is 184 g/mol. The van der Waals surface area contributed by atoms with Crippen molar-refractivity contribution in [3.63, 3.8) is 0 Å². The van der Waals surface area contributed by atoms with Crippen molar-refractivity contribution >= 4 is 11.8 Å². The van der Waals surface area contributed by atoms with Crippen molar-refractivity contribution in [2.75, 3.05) is 27.2 Å². The summed E-state index contributed by atoms with van der Waals surface area (Å²) in [6.07, 6.45) is 0.667. The van der Waals surface area contributed by atoms with E-state index in [1.165, 1.54) is 0 Å². The molecule has 0 radical (unpaired) electrons. The van der Waals surface area contributed by atoms with E-state index in [2.05, 4.69) is 20.9 Å². The van der Waals surface area contributed by atoms with Gasteiger partial charge in [0.1, 0.15) is 0 Å². The Morgan fingerprint density at radius 1 is 0.929 bits per heavy atom. The van der Waals surface area contributed by atoms with Crippen LogP contribution in [0.2, 0.25) is 0 Å². The zero-order valence-corrected chi connectivity index (χ0v) is 8.54. The van der Waals surface area contributed by atoms with E-state index < -0.39 is 0 Å². The van der Waals surface area contributed by atoms with Crippen molar-refractivity contribution in [3.8, 4) is 0 Å². The number of carbonyl (C=O) groups excluding carboxylic acids is 2. The lowest BCUT2D eigenvalue weighted by Crippen LogP contribution is -2.18. The Morgan fingerprint density at radius 2 is 1.29 bits per heavy atom. The number of carbonyl (C=O) groups is 2. The summed E-state index contributed by atoms with van der Waals surface area (Å²) in [5.74, 6) is -0.120. The Morgan fingerprint density at radius 3 is 1.57 bits per heavy atom. The van der Waals surface area contributed by atoms with Gasteiger partial charge in [-0.3, -0.25) is 9.59 Å². The van der Waals surface area contributed by atoms with E-state index in [0.717, 1.165) is 0 Å². The highest BCUT2D eigenvalue weighted by atomic mass is 16.2. The van der Waals surface area contributed by atoms with Crippen molar-refractivity contribution in [3.05, 3.63) is 0 Å². The first-order chi connectivity index (χ1) is 6.70. The average Bonchev–Trinajstić information content (AvgIpc) is 2.22. The van der Waals surface area contributed by atoms with Crippen LogP contribution in [0, 0.1) is 0 Å². The molecule has 0 aliphatic heterocycles. The minimum Gasteiger partial charge on any atom is -0.359 e. The van der Waals surface area contributed by atoms with Gasteiger partial charge in [0.2, 0.25) is 11.8 Å². The number of rotatable bonds is 6. The average molecular weight is 200 g/mol. The third-order valence-corrected chi connectivity index (χ3v) is 1.54. The molecule has 0 heterocycles. The topological polar surface area (TPSA) is 82.9 Å². The first-order valence-corrected chi connectivity index (χ1v) is 4.45. The van der Waals surface area contributed by atoms with Gasteiger partial charge in [-0.2, -0.15) is 10.2 Å². The maximum absolute atomic E-state index is 10.7. The van der Waals surface area contributed by atoms with Crippen LogP contribution in [0.15, 0.2) is 10.2 Å². The zero-order valence-electron chi connectivity index (χ0n) is 8.54. The number of hydrogen-bond acceptors (Lipinski definition) is 4. The quantitative estimate of drug-likeness (QED) is 0.577. The second-order valence-electron chi connectivity index (χ2n) is 2.58. The van der Waals surface area contributed by atoms with Gasteiger partial charge < -0.3 is 10.6 Å². The lowest BCUT2D eigenvalue weighted by atomic mass is 10.4. The summed E-state index contributed by atoms with van der Waals surface area (Å²) in [5, 5.41) is 12.5. The summed E-state index contributed by atoms with van der Waals surface area (Å²) in [4.78, 5) is 21.4. The molecule has 0 aliphatic rings. The van der Waals surface area contributed by atoms with Gasteiger partial charge in [-0.25, -0.2) is 0 Å². The zero-order chi connectivity index (χ0) is 10.8. The lowest BCUT2D eigenvalue weighted by Gasteiger charge is -1.95.